The highest BCUT2D eigenvalue weighted by Crippen LogP contribution is 2.48. The van der Waals surface area contributed by atoms with Gasteiger partial charge in [0.05, 0.1) is 0 Å². The molecule has 0 atom stereocenters. The van der Waals surface area contributed by atoms with Crippen molar-refractivity contribution in [2.24, 2.45) is 5.41 Å². The molecule has 1 fully saturated rings. The zero-order valence-corrected chi connectivity index (χ0v) is 12.6. The van der Waals surface area contributed by atoms with Crippen LogP contribution < -0.4 is 10.6 Å². The largest absolute Gasteiger partial charge is 0.388 e. The van der Waals surface area contributed by atoms with E-state index in [9.17, 15) is 4.79 Å². The van der Waals surface area contributed by atoms with Crippen molar-refractivity contribution in [3.63, 3.8) is 0 Å². The van der Waals surface area contributed by atoms with Gasteiger partial charge in [-0.25, -0.2) is 0 Å². The molecule has 20 heavy (non-hydrogen) atoms. The zero-order valence-electron chi connectivity index (χ0n) is 12.6. The fourth-order valence-corrected chi connectivity index (χ4v) is 2.47. The number of amides is 1. The number of methoxy groups -OCH3 is 1. The van der Waals surface area contributed by atoms with Crippen molar-refractivity contribution < 1.29 is 9.53 Å². The van der Waals surface area contributed by atoms with E-state index in [4.69, 9.17) is 4.74 Å². The standard InChI is InChI=1S/C16H24N2O2/c1-12-10-13(4-5-14(12)17-2)15(19)18-11-16(6-7-16)8-9-20-3/h4-5,10,17H,6-9,11H2,1-3H3,(H,18,19). The van der Waals surface area contributed by atoms with Crippen molar-refractivity contribution in [1.29, 1.82) is 0 Å². The summed E-state index contributed by atoms with van der Waals surface area (Å²) in [6, 6.07) is 5.74. The van der Waals surface area contributed by atoms with E-state index in [0.717, 1.165) is 36.4 Å². The maximum Gasteiger partial charge on any atom is 0.251 e. The smallest absolute Gasteiger partial charge is 0.251 e. The molecule has 0 unspecified atom stereocenters. The van der Waals surface area contributed by atoms with Gasteiger partial charge >= 0.3 is 0 Å². The number of carbonyl (C=O) groups excluding carboxylic acids is 1. The molecule has 0 heterocycles. The van der Waals surface area contributed by atoms with Crippen LogP contribution in [-0.4, -0.2) is 33.2 Å². The molecule has 2 rings (SSSR count). The molecule has 1 saturated carbocycles. The summed E-state index contributed by atoms with van der Waals surface area (Å²) in [6.45, 7) is 3.53. The number of hydrogen-bond acceptors (Lipinski definition) is 3. The summed E-state index contributed by atoms with van der Waals surface area (Å²) in [5.74, 6) is 0.0134. The molecule has 2 N–H and O–H groups in total. The maximum atomic E-state index is 12.2. The summed E-state index contributed by atoms with van der Waals surface area (Å²) in [5.41, 5.74) is 3.15. The second kappa shape index (κ2) is 6.27. The summed E-state index contributed by atoms with van der Waals surface area (Å²) in [5, 5.41) is 6.17. The van der Waals surface area contributed by atoms with Gasteiger partial charge in [0.25, 0.3) is 5.91 Å². The van der Waals surface area contributed by atoms with E-state index < -0.39 is 0 Å². The predicted molar refractivity (Wildman–Crippen MR) is 81.2 cm³/mol. The predicted octanol–water partition coefficient (Wildman–Crippen LogP) is 2.58. The molecular weight excluding hydrogens is 252 g/mol. The molecule has 0 aromatic heterocycles. The molecule has 1 aromatic rings. The third-order valence-corrected chi connectivity index (χ3v) is 4.18. The lowest BCUT2D eigenvalue weighted by molar-refractivity contribution is 0.0938. The van der Waals surface area contributed by atoms with Gasteiger partial charge in [0.1, 0.15) is 0 Å². The Labute approximate surface area is 120 Å². The average Bonchev–Trinajstić information content (AvgIpc) is 3.23. The number of anilines is 1. The minimum absolute atomic E-state index is 0.0134. The summed E-state index contributed by atoms with van der Waals surface area (Å²) in [7, 11) is 3.61. The zero-order chi connectivity index (χ0) is 14.6. The normalized spacial score (nSPS) is 15.8. The first-order valence-corrected chi connectivity index (χ1v) is 7.16. The second-order valence-corrected chi connectivity index (χ2v) is 5.71. The molecule has 4 nitrogen and oxygen atoms in total. The molecule has 4 heteroatoms. The summed E-state index contributed by atoms with van der Waals surface area (Å²) in [6.07, 6.45) is 3.41. The van der Waals surface area contributed by atoms with Crippen LogP contribution in [0.5, 0.6) is 0 Å². The number of carbonyl (C=O) groups is 1. The number of benzene rings is 1. The van der Waals surface area contributed by atoms with Crippen molar-refractivity contribution in [2.45, 2.75) is 26.2 Å². The summed E-state index contributed by atoms with van der Waals surface area (Å²) >= 11 is 0. The number of aryl methyl sites for hydroxylation is 1. The molecule has 1 aromatic carbocycles. The van der Waals surface area contributed by atoms with Crippen LogP contribution in [0.4, 0.5) is 5.69 Å². The fourth-order valence-electron chi connectivity index (χ4n) is 2.47. The number of nitrogens with one attached hydrogen (secondary N) is 2. The van der Waals surface area contributed by atoms with Crippen LogP contribution in [0.3, 0.4) is 0 Å². The van der Waals surface area contributed by atoms with Crippen LogP contribution in [0, 0.1) is 12.3 Å². The lowest BCUT2D eigenvalue weighted by Gasteiger charge is -2.16. The molecule has 1 aliphatic carbocycles. The first kappa shape index (κ1) is 14.9. The molecule has 0 radical (unpaired) electrons. The van der Waals surface area contributed by atoms with Gasteiger partial charge < -0.3 is 15.4 Å². The number of rotatable bonds is 7. The van der Waals surface area contributed by atoms with Crippen LogP contribution in [0.15, 0.2) is 18.2 Å². The van der Waals surface area contributed by atoms with Crippen molar-refractivity contribution in [2.75, 3.05) is 32.6 Å². The highest BCUT2D eigenvalue weighted by molar-refractivity contribution is 5.94. The van der Waals surface area contributed by atoms with E-state index in [1.165, 1.54) is 12.8 Å². The highest BCUT2D eigenvalue weighted by Gasteiger charge is 2.42. The van der Waals surface area contributed by atoms with Gasteiger partial charge in [0, 0.05) is 38.6 Å². The van der Waals surface area contributed by atoms with Crippen molar-refractivity contribution >= 4 is 11.6 Å². The van der Waals surface area contributed by atoms with Crippen molar-refractivity contribution in [3.05, 3.63) is 29.3 Å². The first-order valence-electron chi connectivity index (χ1n) is 7.16. The Morgan fingerprint density at radius 3 is 2.70 bits per heavy atom. The molecule has 0 spiro atoms. The van der Waals surface area contributed by atoms with E-state index in [-0.39, 0.29) is 11.3 Å². The van der Waals surface area contributed by atoms with Gasteiger partial charge in [-0.3, -0.25) is 4.79 Å². The van der Waals surface area contributed by atoms with E-state index in [0.29, 0.717) is 0 Å². The Bertz CT molecular complexity index is 481. The minimum atomic E-state index is 0.0134. The minimum Gasteiger partial charge on any atom is -0.388 e. The molecule has 0 saturated heterocycles. The van der Waals surface area contributed by atoms with Gasteiger partial charge in [-0.15, -0.1) is 0 Å². The molecule has 1 aliphatic rings. The Hall–Kier alpha value is -1.55. The van der Waals surface area contributed by atoms with Gasteiger partial charge in [-0.05, 0) is 55.4 Å². The quantitative estimate of drug-likeness (QED) is 0.805. The Morgan fingerprint density at radius 1 is 1.40 bits per heavy atom. The molecule has 1 amide bonds. The SMILES string of the molecule is CNc1ccc(C(=O)NCC2(CCOC)CC2)cc1C. The maximum absolute atomic E-state index is 12.2. The van der Waals surface area contributed by atoms with Crippen LogP contribution in [0.2, 0.25) is 0 Å². The summed E-state index contributed by atoms with van der Waals surface area (Å²) < 4.78 is 5.13. The highest BCUT2D eigenvalue weighted by atomic mass is 16.5. The van der Waals surface area contributed by atoms with E-state index in [1.54, 1.807) is 7.11 Å². The van der Waals surface area contributed by atoms with Gasteiger partial charge in [0.15, 0.2) is 0 Å². The lowest BCUT2D eigenvalue weighted by atomic mass is 10.0. The molecular formula is C16H24N2O2. The Balaban J connectivity index is 1.90. The monoisotopic (exact) mass is 276 g/mol. The Kier molecular flexibility index (Phi) is 4.65. The topological polar surface area (TPSA) is 50.4 Å². The Morgan fingerprint density at radius 2 is 2.15 bits per heavy atom. The van der Waals surface area contributed by atoms with E-state index in [2.05, 4.69) is 10.6 Å². The molecule has 0 bridgehead atoms. The third kappa shape index (κ3) is 3.51. The number of ether oxygens (including phenoxy) is 1. The van der Waals surface area contributed by atoms with Crippen LogP contribution in [0.1, 0.15) is 35.2 Å². The average molecular weight is 276 g/mol. The second-order valence-electron chi connectivity index (χ2n) is 5.71. The van der Waals surface area contributed by atoms with Crippen LogP contribution in [0.25, 0.3) is 0 Å². The fraction of sp³-hybridized carbons (Fsp3) is 0.562. The summed E-state index contributed by atoms with van der Waals surface area (Å²) in [4.78, 5) is 12.2. The molecule has 0 aliphatic heterocycles. The van der Waals surface area contributed by atoms with Crippen molar-refractivity contribution in [1.82, 2.24) is 5.32 Å². The van der Waals surface area contributed by atoms with E-state index >= 15 is 0 Å². The van der Waals surface area contributed by atoms with E-state index in [1.807, 2.05) is 32.2 Å². The van der Waals surface area contributed by atoms with Crippen molar-refractivity contribution in [3.8, 4) is 0 Å². The van der Waals surface area contributed by atoms with Gasteiger partial charge in [0.2, 0.25) is 0 Å². The first-order chi connectivity index (χ1) is 9.60. The molecule has 110 valence electrons. The van der Waals surface area contributed by atoms with Crippen LogP contribution in [-0.2, 0) is 4.74 Å². The number of hydrogen-bond donors (Lipinski definition) is 2. The lowest BCUT2D eigenvalue weighted by Crippen LogP contribution is -2.30. The van der Waals surface area contributed by atoms with Crippen LogP contribution >= 0.6 is 0 Å². The van der Waals surface area contributed by atoms with Gasteiger partial charge in [-0.2, -0.15) is 0 Å². The van der Waals surface area contributed by atoms with Gasteiger partial charge in [-0.1, -0.05) is 0 Å². The third-order valence-electron chi connectivity index (χ3n) is 4.18.